The van der Waals surface area contributed by atoms with Crippen molar-refractivity contribution in [3.63, 3.8) is 0 Å². The minimum absolute atomic E-state index is 0.321. The number of carboxylic acids is 1. The Bertz CT molecular complexity index is 598. The number of rotatable bonds is 3. The molecule has 2 aromatic rings. The number of hydrogen-bond acceptors (Lipinski definition) is 1. The van der Waals surface area contributed by atoms with Gasteiger partial charge in [0.2, 0.25) is 0 Å². The second kappa shape index (κ2) is 5.32. The van der Waals surface area contributed by atoms with E-state index in [1.54, 1.807) is 18.2 Å². The maximum absolute atomic E-state index is 11.1. The van der Waals surface area contributed by atoms with Crippen LogP contribution in [0, 0.1) is 6.92 Å². The quantitative estimate of drug-likeness (QED) is 0.824. The van der Waals surface area contributed by atoms with Gasteiger partial charge in [-0.15, -0.1) is 0 Å². The minimum atomic E-state index is -0.903. The molecule has 0 aliphatic rings. The first-order chi connectivity index (χ1) is 8.66. The van der Waals surface area contributed by atoms with Gasteiger partial charge in [-0.05, 0) is 24.1 Å². The molecule has 90 valence electrons. The summed E-state index contributed by atoms with van der Waals surface area (Å²) < 4.78 is 0. The summed E-state index contributed by atoms with van der Waals surface area (Å²) in [5, 5.41) is 9.07. The second-order valence-electron chi connectivity index (χ2n) is 4.14. The summed E-state index contributed by atoms with van der Waals surface area (Å²) in [4.78, 5) is 11.1. The highest BCUT2D eigenvalue weighted by molar-refractivity contribution is 5.93. The van der Waals surface area contributed by atoms with Crippen molar-refractivity contribution in [2.45, 2.75) is 6.92 Å². The van der Waals surface area contributed by atoms with Crippen LogP contribution in [-0.2, 0) is 0 Å². The van der Waals surface area contributed by atoms with Crippen LogP contribution in [0.1, 0.15) is 27.0 Å². The fourth-order valence-corrected chi connectivity index (χ4v) is 1.80. The first-order valence-electron chi connectivity index (χ1n) is 5.74. The van der Waals surface area contributed by atoms with E-state index in [0.29, 0.717) is 11.1 Å². The molecule has 18 heavy (non-hydrogen) atoms. The van der Waals surface area contributed by atoms with Gasteiger partial charge in [0.15, 0.2) is 0 Å². The van der Waals surface area contributed by atoms with E-state index in [4.69, 9.17) is 5.11 Å². The molecule has 1 N–H and O–H groups in total. The van der Waals surface area contributed by atoms with Gasteiger partial charge in [0.25, 0.3) is 0 Å². The molecule has 0 unspecified atom stereocenters. The smallest absolute Gasteiger partial charge is 0.336 e. The molecular weight excluding hydrogens is 224 g/mol. The Morgan fingerprint density at radius 2 is 1.83 bits per heavy atom. The summed E-state index contributed by atoms with van der Waals surface area (Å²) in [5.74, 6) is -0.903. The Morgan fingerprint density at radius 1 is 1.06 bits per heavy atom. The molecule has 0 atom stereocenters. The van der Waals surface area contributed by atoms with Crippen molar-refractivity contribution >= 4 is 18.1 Å². The number of benzene rings is 2. The third-order valence-corrected chi connectivity index (χ3v) is 2.69. The average Bonchev–Trinajstić information content (AvgIpc) is 2.37. The van der Waals surface area contributed by atoms with E-state index >= 15 is 0 Å². The summed E-state index contributed by atoms with van der Waals surface area (Å²) >= 11 is 0. The largest absolute Gasteiger partial charge is 0.478 e. The molecule has 2 nitrogen and oxygen atoms in total. The summed E-state index contributed by atoms with van der Waals surface area (Å²) in [6.45, 7) is 2.03. The van der Waals surface area contributed by atoms with Crippen LogP contribution in [0.3, 0.4) is 0 Å². The molecule has 0 aromatic heterocycles. The maximum atomic E-state index is 11.1. The van der Waals surface area contributed by atoms with Crippen LogP contribution in [0.15, 0.2) is 48.5 Å². The van der Waals surface area contributed by atoms with Crippen molar-refractivity contribution in [3.05, 3.63) is 70.8 Å². The molecule has 0 aliphatic heterocycles. The molecule has 0 radical (unpaired) electrons. The molecule has 0 saturated carbocycles. The van der Waals surface area contributed by atoms with Crippen LogP contribution in [0.4, 0.5) is 0 Å². The van der Waals surface area contributed by atoms with E-state index in [0.717, 1.165) is 5.56 Å². The molecule has 2 rings (SSSR count). The van der Waals surface area contributed by atoms with Crippen molar-refractivity contribution in [2.75, 3.05) is 0 Å². The highest BCUT2D eigenvalue weighted by atomic mass is 16.4. The van der Waals surface area contributed by atoms with Gasteiger partial charge in [-0.1, -0.05) is 60.2 Å². The van der Waals surface area contributed by atoms with E-state index in [2.05, 4.69) is 6.07 Å². The van der Waals surface area contributed by atoms with E-state index in [9.17, 15) is 4.79 Å². The van der Waals surface area contributed by atoms with Crippen molar-refractivity contribution in [2.24, 2.45) is 0 Å². The first-order valence-corrected chi connectivity index (χ1v) is 5.74. The predicted molar refractivity (Wildman–Crippen MR) is 73.5 cm³/mol. The molecule has 0 amide bonds. The molecule has 0 spiro atoms. The second-order valence-corrected chi connectivity index (χ2v) is 4.14. The molecule has 2 heteroatoms. The number of aromatic carboxylic acids is 1. The zero-order chi connectivity index (χ0) is 13.0. The average molecular weight is 238 g/mol. The third kappa shape index (κ3) is 2.86. The zero-order valence-corrected chi connectivity index (χ0v) is 10.1. The Labute approximate surface area is 106 Å². The van der Waals surface area contributed by atoms with Crippen LogP contribution in [0.25, 0.3) is 12.2 Å². The van der Waals surface area contributed by atoms with Crippen LogP contribution in [0.2, 0.25) is 0 Å². The highest BCUT2D eigenvalue weighted by Gasteiger charge is 2.05. The van der Waals surface area contributed by atoms with Gasteiger partial charge in [-0.2, -0.15) is 0 Å². The van der Waals surface area contributed by atoms with Gasteiger partial charge in [0.05, 0.1) is 5.56 Å². The molecule has 0 aliphatic carbocycles. The van der Waals surface area contributed by atoms with E-state index in [1.165, 1.54) is 5.56 Å². The van der Waals surface area contributed by atoms with Gasteiger partial charge in [0, 0.05) is 0 Å². The Morgan fingerprint density at radius 3 is 2.56 bits per heavy atom. The topological polar surface area (TPSA) is 37.3 Å². The molecule has 2 aromatic carbocycles. The fraction of sp³-hybridized carbons (Fsp3) is 0.0625. The van der Waals surface area contributed by atoms with Crippen LogP contribution < -0.4 is 0 Å². The number of aryl methyl sites for hydroxylation is 1. The number of carboxylic acid groups (broad SMARTS) is 1. The molecule has 0 bridgehead atoms. The Kier molecular flexibility index (Phi) is 3.58. The van der Waals surface area contributed by atoms with E-state index in [-0.39, 0.29) is 0 Å². The van der Waals surface area contributed by atoms with Crippen LogP contribution in [-0.4, -0.2) is 11.1 Å². The van der Waals surface area contributed by atoms with Gasteiger partial charge in [0.1, 0.15) is 0 Å². The monoisotopic (exact) mass is 238 g/mol. The SMILES string of the molecule is Cc1cccc(/C=C\c2ccccc2C(=O)O)c1. The molecule has 0 heterocycles. The Balaban J connectivity index is 2.32. The fourth-order valence-electron chi connectivity index (χ4n) is 1.80. The van der Waals surface area contributed by atoms with Gasteiger partial charge in [-0.25, -0.2) is 4.79 Å². The maximum Gasteiger partial charge on any atom is 0.336 e. The lowest BCUT2D eigenvalue weighted by molar-refractivity contribution is 0.0696. The minimum Gasteiger partial charge on any atom is -0.478 e. The standard InChI is InChI=1S/C16H14O2/c1-12-5-4-6-13(11-12)9-10-14-7-2-3-8-15(14)16(17)18/h2-11H,1H3,(H,17,18)/b10-9-. The zero-order valence-electron chi connectivity index (χ0n) is 10.1. The van der Waals surface area contributed by atoms with E-state index in [1.807, 2.05) is 43.3 Å². The lowest BCUT2D eigenvalue weighted by Gasteiger charge is -2.00. The van der Waals surface area contributed by atoms with Crippen molar-refractivity contribution in [1.29, 1.82) is 0 Å². The predicted octanol–water partition coefficient (Wildman–Crippen LogP) is 3.86. The Hall–Kier alpha value is -2.35. The van der Waals surface area contributed by atoms with Gasteiger partial charge >= 0.3 is 5.97 Å². The number of hydrogen-bond donors (Lipinski definition) is 1. The normalized spacial score (nSPS) is 10.7. The summed E-state index contributed by atoms with van der Waals surface area (Å²) in [6.07, 6.45) is 3.76. The van der Waals surface area contributed by atoms with Crippen LogP contribution >= 0.6 is 0 Å². The van der Waals surface area contributed by atoms with E-state index < -0.39 is 5.97 Å². The molecule has 0 fully saturated rings. The molecular formula is C16H14O2. The van der Waals surface area contributed by atoms with Crippen molar-refractivity contribution in [3.8, 4) is 0 Å². The summed E-state index contributed by atoms with van der Waals surface area (Å²) in [6, 6.07) is 15.0. The highest BCUT2D eigenvalue weighted by Crippen LogP contribution is 2.14. The lowest BCUT2D eigenvalue weighted by Crippen LogP contribution is -1.98. The first kappa shape index (κ1) is 12.1. The van der Waals surface area contributed by atoms with Crippen LogP contribution in [0.5, 0.6) is 0 Å². The van der Waals surface area contributed by atoms with Gasteiger partial charge in [-0.3, -0.25) is 0 Å². The van der Waals surface area contributed by atoms with Crippen molar-refractivity contribution < 1.29 is 9.90 Å². The van der Waals surface area contributed by atoms with Crippen molar-refractivity contribution in [1.82, 2.24) is 0 Å². The summed E-state index contributed by atoms with van der Waals surface area (Å²) in [5.41, 5.74) is 3.28. The lowest BCUT2D eigenvalue weighted by atomic mass is 10.1. The summed E-state index contributed by atoms with van der Waals surface area (Å²) in [7, 11) is 0. The molecule has 0 saturated heterocycles. The third-order valence-electron chi connectivity index (χ3n) is 2.69. The number of carbonyl (C=O) groups is 1. The van der Waals surface area contributed by atoms with Gasteiger partial charge < -0.3 is 5.11 Å².